The fraction of sp³-hybridized carbons (Fsp3) is 0.490. The molecule has 7 N–H and O–H groups in total. The van der Waals surface area contributed by atoms with E-state index in [4.69, 9.17) is 5.73 Å². The predicted octanol–water partition coefficient (Wildman–Crippen LogP) is 8.42. The van der Waals surface area contributed by atoms with Gasteiger partial charge in [0.15, 0.2) is 11.7 Å². The molecule has 2 spiro atoms. The maximum absolute atomic E-state index is 15.3. The summed E-state index contributed by atoms with van der Waals surface area (Å²) in [5.74, 6) is 14.7. The summed E-state index contributed by atoms with van der Waals surface area (Å²) in [4.78, 5) is 23.8. The standard InChI is InChI=1S/C51H58N4O4S2/c1-4-7-38-13-16-44(60-38)45-17-18-46(61-45)47(58)40-15-12-34-26-50(40)27-41(51(29-50)19-6-10-36(51)28-56)33-11-14-39-35(23-42(34)55-48(52)53-3)22-37(57)24-43(39)54-30-49(2,59)25-32-9-5-8-31(20-32)21-33/h5,8-9,13,16-18,20,22,24,33-34,36,40-42,54,56-57,59H,6,10,12,15,19,21,23,25-30H2,1-3H3,(H3,52,53,55)/t33-,34-,36-,40+,41+,42+,49+,50-,51+/m1/s1. The number of carbonyl (C=O) groups excluding carboxylic acids is 1. The molecule has 4 aromatic rings. The third-order valence-corrected chi connectivity index (χ3v) is 17.4. The predicted molar refractivity (Wildman–Crippen MR) is 247 cm³/mol. The van der Waals surface area contributed by atoms with Crippen LogP contribution in [0.2, 0.25) is 0 Å². The van der Waals surface area contributed by atoms with Gasteiger partial charge in [-0.25, -0.2) is 0 Å². The molecule has 8 nitrogen and oxygen atoms in total. The largest absolute Gasteiger partial charge is 0.508 e. The van der Waals surface area contributed by atoms with Gasteiger partial charge in [0.25, 0.3) is 0 Å². The fourth-order valence-electron chi connectivity index (χ4n) is 12.6. The van der Waals surface area contributed by atoms with Gasteiger partial charge in [-0.3, -0.25) is 9.79 Å². The summed E-state index contributed by atoms with van der Waals surface area (Å²) in [6.07, 6.45) is 8.94. The number of anilines is 1. The number of fused-ring (bicyclic) bond motifs is 7. The van der Waals surface area contributed by atoms with E-state index in [0.29, 0.717) is 24.5 Å². The number of guanidine groups is 1. The van der Waals surface area contributed by atoms with Gasteiger partial charge in [0.1, 0.15) is 5.75 Å². The normalized spacial score (nSPS) is 31.8. The molecule has 10 heteroatoms. The highest BCUT2D eigenvalue weighted by Gasteiger charge is 2.64. The highest BCUT2D eigenvalue weighted by atomic mass is 32.1. The Morgan fingerprint density at radius 1 is 1.05 bits per heavy atom. The second-order valence-corrected chi connectivity index (χ2v) is 21.2. The summed E-state index contributed by atoms with van der Waals surface area (Å²) in [5, 5.41) is 41.4. The number of phenolic OH excluding ortho intramolecular Hbond substituents is 1. The van der Waals surface area contributed by atoms with Crippen LogP contribution in [0.1, 0.15) is 102 Å². The molecule has 3 fully saturated rings. The van der Waals surface area contributed by atoms with Gasteiger partial charge in [0.05, 0.1) is 26.6 Å². The molecule has 61 heavy (non-hydrogen) atoms. The molecule has 5 aliphatic rings. The molecule has 1 aliphatic heterocycles. The highest BCUT2D eigenvalue weighted by molar-refractivity contribution is 7.23. The lowest BCUT2D eigenvalue weighted by molar-refractivity contribution is 0.0229. The molecule has 3 heterocycles. The van der Waals surface area contributed by atoms with E-state index in [1.165, 1.54) is 5.56 Å². The number of nitrogens with one attached hydrogen (secondary N) is 2. The molecule has 0 saturated heterocycles. The number of aliphatic imine (C=N–C) groups is 1. The first kappa shape index (κ1) is 41.8. The topological polar surface area (TPSA) is 140 Å². The maximum atomic E-state index is 15.3. The van der Waals surface area contributed by atoms with Gasteiger partial charge in [0.2, 0.25) is 0 Å². The zero-order valence-corrected chi connectivity index (χ0v) is 37.2. The van der Waals surface area contributed by atoms with E-state index >= 15 is 4.79 Å². The Morgan fingerprint density at radius 2 is 1.87 bits per heavy atom. The number of aliphatic hydroxyl groups is 2. The zero-order chi connectivity index (χ0) is 42.5. The first-order valence-electron chi connectivity index (χ1n) is 22.1. The second kappa shape index (κ2) is 16.6. The van der Waals surface area contributed by atoms with Crippen molar-refractivity contribution in [2.45, 2.75) is 96.1 Å². The van der Waals surface area contributed by atoms with E-state index in [1.54, 1.807) is 35.8 Å². The van der Waals surface area contributed by atoms with Crippen LogP contribution < -0.4 is 16.4 Å². The zero-order valence-electron chi connectivity index (χ0n) is 35.5. The number of phenols is 1. The van der Waals surface area contributed by atoms with Crippen molar-refractivity contribution in [1.29, 1.82) is 0 Å². The summed E-state index contributed by atoms with van der Waals surface area (Å²) in [6, 6.07) is 20.4. The van der Waals surface area contributed by atoms with Gasteiger partial charge in [0, 0.05) is 60.3 Å². The summed E-state index contributed by atoms with van der Waals surface area (Å²) >= 11 is 3.27. The van der Waals surface area contributed by atoms with Crippen molar-refractivity contribution in [1.82, 2.24) is 5.32 Å². The van der Waals surface area contributed by atoms with Crippen LogP contribution in [-0.2, 0) is 19.3 Å². The summed E-state index contributed by atoms with van der Waals surface area (Å²) < 4.78 is 0. The highest BCUT2D eigenvalue weighted by Crippen LogP contribution is 2.70. The molecule has 0 radical (unpaired) electrons. The van der Waals surface area contributed by atoms with Crippen LogP contribution in [0.25, 0.3) is 9.75 Å². The molecule has 318 valence electrons. The summed E-state index contributed by atoms with van der Waals surface area (Å²) in [7, 11) is 1.69. The van der Waals surface area contributed by atoms with E-state index in [0.717, 1.165) is 94.0 Å². The maximum Gasteiger partial charge on any atom is 0.188 e. The Kier molecular flexibility index (Phi) is 11.4. The van der Waals surface area contributed by atoms with Crippen molar-refractivity contribution in [3.05, 3.63) is 92.7 Å². The number of β-amino-alcohol motifs (C(OH)–C–C–N with tert-alkyl or cyclic N) is 1. The lowest BCUT2D eigenvalue weighted by atomic mass is 9.57. The number of nitrogens with two attached hydrogens (primary N) is 1. The van der Waals surface area contributed by atoms with Crippen molar-refractivity contribution >= 4 is 40.1 Å². The third-order valence-electron chi connectivity index (χ3n) is 15.1. The molecule has 0 amide bonds. The van der Waals surface area contributed by atoms with Crippen molar-refractivity contribution in [2.24, 2.45) is 51.1 Å². The van der Waals surface area contributed by atoms with Gasteiger partial charge in [-0.15, -0.1) is 28.6 Å². The monoisotopic (exact) mass is 854 g/mol. The van der Waals surface area contributed by atoms with Gasteiger partial charge >= 0.3 is 0 Å². The van der Waals surface area contributed by atoms with Crippen molar-refractivity contribution in [2.75, 3.05) is 25.5 Å². The number of Topliss-reactive ketones (excluding diaryl/α,β-unsaturated/α-hetero) is 1. The van der Waals surface area contributed by atoms with Gasteiger partial charge < -0.3 is 31.7 Å². The van der Waals surface area contributed by atoms with Crippen LogP contribution in [0.5, 0.6) is 5.75 Å². The smallest absolute Gasteiger partial charge is 0.188 e. The molecule has 7 bridgehead atoms. The minimum atomic E-state index is -1.07. The van der Waals surface area contributed by atoms with Crippen LogP contribution >= 0.6 is 22.7 Å². The molecule has 2 aromatic carbocycles. The molecule has 2 aromatic heterocycles. The Morgan fingerprint density at radius 3 is 2.69 bits per heavy atom. The number of hydrogen-bond acceptors (Lipinski definition) is 8. The molecule has 9 rings (SSSR count). The van der Waals surface area contributed by atoms with Gasteiger partial charge in [-0.05, 0) is 147 Å². The summed E-state index contributed by atoms with van der Waals surface area (Å²) in [6.45, 7) is 4.10. The van der Waals surface area contributed by atoms with Crippen LogP contribution in [0.15, 0.2) is 65.7 Å². The number of ketones is 1. The number of hydrogen-bond donors (Lipinski definition) is 6. The average molecular weight is 855 g/mol. The summed E-state index contributed by atoms with van der Waals surface area (Å²) in [5.41, 5.74) is 9.63. The number of rotatable bonds is 5. The van der Waals surface area contributed by atoms with Gasteiger partial charge in [-0.2, -0.15) is 0 Å². The fourth-order valence-corrected chi connectivity index (χ4v) is 14.6. The number of benzene rings is 2. The Labute approximate surface area is 368 Å². The van der Waals surface area contributed by atoms with Gasteiger partial charge in [-0.1, -0.05) is 48.4 Å². The van der Waals surface area contributed by atoms with Crippen LogP contribution in [0.3, 0.4) is 0 Å². The number of carbonyl (C=O) groups is 1. The van der Waals surface area contributed by atoms with Crippen molar-refractivity contribution in [3.8, 4) is 39.2 Å². The Bertz CT molecular complexity index is 2480. The quantitative estimate of drug-likeness (QED) is 0.0513. The van der Waals surface area contributed by atoms with E-state index in [9.17, 15) is 15.3 Å². The average Bonchev–Trinajstić information content (AvgIpc) is 4.05. The molecule has 4 aliphatic carbocycles. The van der Waals surface area contributed by atoms with Crippen molar-refractivity contribution < 1.29 is 20.1 Å². The molecular weight excluding hydrogens is 797 g/mol. The Hall–Kier alpha value is -4.58. The van der Waals surface area contributed by atoms with Crippen LogP contribution in [-0.4, -0.2) is 58.9 Å². The molecule has 9 atom stereocenters. The lowest BCUT2D eigenvalue weighted by Gasteiger charge is -2.48. The molecule has 0 unspecified atom stereocenters. The third kappa shape index (κ3) is 8.02. The van der Waals surface area contributed by atoms with Crippen LogP contribution in [0, 0.1) is 64.1 Å². The first-order valence-corrected chi connectivity index (χ1v) is 23.7. The SMILES string of the molecule is CC#Cc1ccc(-c2ccc(C(=O)[C@@H]3CC[C@@H]4C[C@]35C[C@@H]([C@@H]3C#Cc6c(cc(O)cc6NC[C@@](C)(O)Cc6cccc(c6)C3)C[C@@H]4NC(N)=NC)[C@@]3(CCC[C@@H]3CO)C5)s2)s1. The number of nitrogens with zero attached hydrogens (tertiary/aromatic N) is 1. The number of aliphatic hydroxyl groups excluding tert-OH is 1. The van der Waals surface area contributed by atoms with E-state index < -0.39 is 5.60 Å². The van der Waals surface area contributed by atoms with Crippen LogP contribution in [0.4, 0.5) is 5.69 Å². The minimum absolute atomic E-state index is 0.0579. The Balaban J connectivity index is 1.22. The lowest BCUT2D eigenvalue weighted by Crippen LogP contribution is -2.50. The van der Waals surface area contributed by atoms with Crippen molar-refractivity contribution in [3.63, 3.8) is 0 Å². The molecule has 3 saturated carbocycles. The molecular formula is C51H58N4O4S2. The number of thiophene rings is 2. The van der Waals surface area contributed by atoms with E-state index in [1.807, 2.05) is 26.0 Å². The minimum Gasteiger partial charge on any atom is -0.508 e. The second-order valence-electron chi connectivity index (χ2n) is 19.0. The van der Waals surface area contributed by atoms with E-state index in [2.05, 4.69) is 81.8 Å². The van der Waals surface area contributed by atoms with E-state index in [-0.39, 0.29) is 71.1 Å². The number of aromatic hydroxyl groups is 1. The first-order chi connectivity index (χ1) is 29.4.